The number of carbonyl (C=O) groups is 2. The van der Waals surface area contributed by atoms with Crippen LogP contribution < -0.4 is 4.74 Å². The number of thiophene rings is 1. The Morgan fingerprint density at radius 3 is 2.50 bits per heavy atom. The minimum atomic E-state index is -0.320. The molecule has 38 heavy (non-hydrogen) atoms. The van der Waals surface area contributed by atoms with Crippen LogP contribution in [-0.2, 0) is 22.6 Å². The van der Waals surface area contributed by atoms with E-state index >= 15 is 0 Å². The van der Waals surface area contributed by atoms with E-state index in [9.17, 15) is 14.0 Å². The Hall–Kier alpha value is -3.27. The summed E-state index contributed by atoms with van der Waals surface area (Å²) >= 11 is 1.60. The Labute approximate surface area is 227 Å². The van der Waals surface area contributed by atoms with Crippen LogP contribution in [0.1, 0.15) is 26.4 Å². The number of halogens is 1. The number of nitrogens with zero attached hydrogens (tertiary/aromatic N) is 3. The number of hydrogen-bond donors (Lipinski definition) is 0. The standard InChI is InChI=1S/C29H34FN3O4S/c1-22-10-17-38-27(22)20-33(19-23-6-8-25(30)9-7-23)28(34)21-32(12-11-31-13-15-37-16-14-31)29(35)24-4-3-5-26(18-24)36-2/h3-10,17-18H,11-16,19-21H2,1-2H3. The molecule has 0 atom stereocenters. The Kier molecular flexibility index (Phi) is 9.86. The zero-order chi connectivity index (χ0) is 26.9. The maximum atomic E-state index is 13.8. The average molecular weight is 540 g/mol. The van der Waals surface area contributed by atoms with Gasteiger partial charge in [0.25, 0.3) is 5.91 Å². The molecule has 0 radical (unpaired) electrons. The lowest BCUT2D eigenvalue weighted by Gasteiger charge is -2.31. The zero-order valence-corrected chi connectivity index (χ0v) is 22.7. The Morgan fingerprint density at radius 1 is 1.05 bits per heavy atom. The number of ether oxygens (including phenoxy) is 2. The van der Waals surface area contributed by atoms with Gasteiger partial charge in [-0.1, -0.05) is 18.2 Å². The number of rotatable bonds is 11. The highest BCUT2D eigenvalue weighted by atomic mass is 32.1. The van der Waals surface area contributed by atoms with Crippen molar-refractivity contribution in [1.82, 2.24) is 14.7 Å². The van der Waals surface area contributed by atoms with Crippen molar-refractivity contribution in [2.24, 2.45) is 0 Å². The molecule has 1 aliphatic heterocycles. The molecule has 9 heteroatoms. The lowest BCUT2D eigenvalue weighted by molar-refractivity contribution is -0.133. The molecule has 1 aliphatic rings. The lowest BCUT2D eigenvalue weighted by Crippen LogP contribution is -2.47. The van der Waals surface area contributed by atoms with Crippen LogP contribution in [0, 0.1) is 12.7 Å². The molecule has 4 rings (SSSR count). The topological polar surface area (TPSA) is 62.3 Å². The van der Waals surface area contributed by atoms with Gasteiger partial charge in [0, 0.05) is 43.2 Å². The molecule has 202 valence electrons. The summed E-state index contributed by atoms with van der Waals surface area (Å²) in [6.45, 7) is 6.67. The van der Waals surface area contributed by atoms with Crippen LogP contribution in [0.15, 0.2) is 60.0 Å². The SMILES string of the molecule is COc1cccc(C(=O)N(CCN2CCOCC2)CC(=O)N(Cc2ccc(F)cc2)Cc2sccc2C)c1. The normalized spacial score (nSPS) is 13.8. The molecule has 0 bridgehead atoms. The van der Waals surface area contributed by atoms with Crippen molar-refractivity contribution in [3.05, 3.63) is 87.4 Å². The van der Waals surface area contributed by atoms with Gasteiger partial charge >= 0.3 is 0 Å². The quantitative estimate of drug-likeness (QED) is 0.366. The van der Waals surface area contributed by atoms with Crippen molar-refractivity contribution < 1.29 is 23.5 Å². The minimum absolute atomic E-state index is 0.0635. The van der Waals surface area contributed by atoms with Crippen molar-refractivity contribution >= 4 is 23.2 Å². The molecule has 1 saturated heterocycles. The van der Waals surface area contributed by atoms with E-state index in [1.165, 1.54) is 12.1 Å². The van der Waals surface area contributed by atoms with E-state index in [2.05, 4.69) is 4.90 Å². The van der Waals surface area contributed by atoms with Gasteiger partial charge in [0.2, 0.25) is 5.91 Å². The molecule has 1 fully saturated rings. The summed E-state index contributed by atoms with van der Waals surface area (Å²) < 4.78 is 24.3. The van der Waals surface area contributed by atoms with Crippen molar-refractivity contribution in [1.29, 1.82) is 0 Å². The third-order valence-electron chi connectivity index (χ3n) is 6.66. The molecule has 0 spiro atoms. The summed E-state index contributed by atoms with van der Waals surface area (Å²) in [5, 5.41) is 2.01. The number of aryl methyl sites for hydroxylation is 1. The van der Waals surface area contributed by atoms with E-state index in [0.717, 1.165) is 29.1 Å². The van der Waals surface area contributed by atoms with Gasteiger partial charge in [0.1, 0.15) is 18.1 Å². The second-order valence-electron chi connectivity index (χ2n) is 9.32. The molecule has 0 unspecified atom stereocenters. The number of morpholine rings is 1. The summed E-state index contributed by atoms with van der Waals surface area (Å²) in [5.74, 6) is -0.125. The summed E-state index contributed by atoms with van der Waals surface area (Å²) in [5.41, 5.74) is 2.41. The van der Waals surface area contributed by atoms with Crippen molar-refractivity contribution in [3.63, 3.8) is 0 Å². The fraction of sp³-hybridized carbons (Fsp3) is 0.379. The number of carbonyl (C=O) groups excluding carboxylic acids is 2. The van der Waals surface area contributed by atoms with Crippen LogP contribution in [0.5, 0.6) is 5.75 Å². The molecule has 0 aliphatic carbocycles. The highest BCUT2D eigenvalue weighted by molar-refractivity contribution is 7.10. The highest BCUT2D eigenvalue weighted by Crippen LogP contribution is 2.21. The second kappa shape index (κ2) is 13.5. The first-order valence-electron chi connectivity index (χ1n) is 12.7. The van der Waals surface area contributed by atoms with Gasteiger partial charge in [0.05, 0.1) is 26.9 Å². The molecule has 2 aromatic carbocycles. The largest absolute Gasteiger partial charge is 0.497 e. The van der Waals surface area contributed by atoms with E-state index in [1.807, 2.05) is 18.4 Å². The molecule has 2 amide bonds. The Morgan fingerprint density at radius 2 is 1.82 bits per heavy atom. The van der Waals surface area contributed by atoms with Gasteiger partial charge in [-0.15, -0.1) is 11.3 Å². The average Bonchev–Trinajstić information content (AvgIpc) is 3.35. The van der Waals surface area contributed by atoms with E-state index in [0.29, 0.717) is 50.7 Å². The third-order valence-corrected chi connectivity index (χ3v) is 7.67. The van der Waals surface area contributed by atoms with Crippen LogP contribution in [0.2, 0.25) is 0 Å². The van der Waals surface area contributed by atoms with E-state index in [1.54, 1.807) is 64.6 Å². The van der Waals surface area contributed by atoms with Crippen LogP contribution >= 0.6 is 11.3 Å². The number of methoxy groups -OCH3 is 1. The first-order chi connectivity index (χ1) is 18.4. The van der Waals surface area contributed by atoms with Gasteiger partial charge in [-0.3, -0.25) is 14.5 Å². The third kappa shape index (κ3) is 7.63. The van der Waals surface area contributed by atoms with Crippen LogP contribution in [0.25, 0.3) is 0 Å². The molecule has 3 aromatic rings. The maximum Gasteiger partial charge on any atom is 0.254 e. The smallest absolute Gasteiger partial charge is 0.254 e. The first-order valence-corrected chi connectivity index (χ1v) is 13.6. The minimum Gasteiger partial charge on any atom is -0.497 e. The van der Waals surface area contributed by atoms with Gasteiger partial charge in [0.15, 0.2) is 0 Å². The van der Waals surface area contributed by atoms with E-state index < -0.39 is 0 Å². The lowest BCUT2D eigenvalue weighted by atomic mass is 10.1. The molecule has 2 heterocycles. The predicted molar refractivity (Wildman–Crippen MR) is 146 cm³/mol. The van der Waals surface area contributed by atoms with Gasteiger partial charge < -0.3 is 19.3 Å². The predicted octanol–water partition coefficient (Wildman–Crippen LogP) is 4.21. The first kappa shape index (κ1) is 27.8. The van der Waals surface area contributed by atoms with Crippen LogP contribution in [-0.4, -0.2) is 79.6 Å². The molecular weight excluding hydrogens is 505 g/mol. The fourth-order valence-electron chi connectivity index (χ4n) is 4.32. The molecule has 0 saturated carbocycles. The van der Waals surface area contributed by atoms with Crippen molar-refractivity contribution in [3.8, 4) is 5.75 Å². The maximum absolute atomic E-state index is 13.8. The summed E-state index contributed by atoms with van der Waals surface area (Å²) in [6, 6.07) is 15.2. The Balaban J connectivity index is 1.55. The monoisotopic (exact) mass is 539 g/mol. The van der Waals surface area contributed by atoms with Crippen LogP contribution in [0.3, 0.4) is 0 Å². The number of amides is 2. The van der Waals surface area contributed by atoms with E-state index in [-0.39, 0.29) is 24.2 Å². The number of benzene rings is 2. The van der Waals surface area contributed by atoms with Gasteiger partial charge in [-0.05, 0) is 59.8 Å². The summed E-state index contributed by atoms with van der Waals surface area (Å²) in [4.78, 5) is 34.1. The fourth-order valence-corrected chi connectivity index (χ4v) is 5.24. The highest BCUT2D eigenvalue weighted by Gasteiger charge is 2.25. The zero-order valence-electron chi connectivity index (χ0n) is 21.9. The molecule has 1 aromatic heterocycles. The van der Waals surface area contributed by atoms with Gasteiger partial charge in [-0.2, -0.15) is 0 Å². The van der Waals surface area contributed by atoms with Crippen LogP contribution in [0.4, 0.5) is 4.39 Å². The molecular formula is C29H34FN3O4S. The summed E-state index contributed by atoms with van der Waals surface area (Å²) in [7, 11) is 1.56. The number of hydrogen-bond acceptors (Lipinski definition) is 6. The van der Waals surface area contributed by atoms with E-state index in [4.69, 9.17) is 9.47 Å². The van der Waals surface area contributed by atoms with Crippen molar-refractivity contribution in [2.75, 3.05) is 53.0 Å². The van der Waals surface area contributed by atoms with Crippen molar-refractivity contribution in [2.45, 2.75) is 20.0 Å². The Bertz CT molecular complexity index is 1210. The van der Waals surface area contributed by atoms with Gasteiger partial charge in [-0.25, -0.2) is 4.39 Å². The summed E-state index contributed by atoms with van der Waals surface area (Å²) in [6.07, 6.45) is 0. The second-order valence-corrected chi connectivity index (χ2v) is 10.3. The molecule has 0 N–H and O–H groups in total. The molecule has 7 nitrogen and oxygen atoms in total.